The van der Waals surface area contributed by atoms with Gasteiger partial charge >= 0.3 is 0 Å². The van der Waals surface area contributed by atoms with Crippen LogP contribution in [0.25, 0.3) is 0 Å². The first-order valence-electron chi connectivity index (χ1n) is 11.9. The van der Waals surface area contributed by atoms with Gasteiger partial charge in [0.05, 0.1) is 12.0 Å². The van der Waals surface area contributed by atoms with Gasteiger partial charge < -0.3 is 10.6 Å². The largest absolute Gasteiger partial charge is 0.370 e. The molecule has 35 heavy (non-hydrogen) atoms. The Morgan fingerprint density at radius 3 is 2.46 bits per heavy atom. The lowest BCUT2D eigenvalue weighted by Crippen LogP contribution is -2.51. The number of hydrogen-bond donors (Lipinski definition) is 1. The molecular formula is C26H31N5O4. The number of carbonyl (C=O) groups excluding carboxylic acids is 4. The fourth-order valence-corrected chi connectivity index (χ4v) is 5.05. The van der Waals surface area contributed by atoms with Crippen molar-refractivity contribution < 1.29 is 19.2 Å². The van der Waals surface area contributed by atoms with Gasteiger partial charge in [0.25, 0.3) is 0 Å². The van der Waals surface area contributed by atoms with Gasteiger partial charge in [0.1, 0.15) is 0 Å². The lowest BCUT2D eigenvalue weighted by Gasteiger charge is -2.37. The van der Waals surface area contributed by atoms with Crippen molar-refractivity contribution >= 4 is 23.6 Å². The van der Waals surface area contributed by atoms with Crippen LogP contribution in [-0.4, -0.2) is 76.0 Å². The number of aromatic nitrogens is 1. The maximum absolute atomic E-state index is 13.9. The Kier molecular flexibility index (Phi) is 7.25. The number of amides is 4. The molecule has 1 aromatic heterocycles. The van der Waals surface area contributed by atoms with E-state index in [9.17, 15) is 19.2 Å². The summed E-state index contributed by atoms with van der Waals surface area (Å²) in [6.07, 6.45) is 3.46. The Hall–Kier alpha value is -3.59. The molecule has 1 atom stereocenters. The quantitative estimate of drug-likeness (QED) is 0.567. The van der Waals surface area contributed by atoms with Crippen molar-refractivity contribution in [1.82, 2.24) is 19.7 Å². The molecule has 4 rings (SSSR count). The first-order valence-corrected chi connectivity index (χ1v) is 11.9. The van der Waals surface area contributed by atoms with E-state index in [-0.39, 0.29) is 49.4 Å². The van der Waals surface area contributed by atoms with E-state index in [1.807, 2.05) is 37.3 Å². The van der Waals surface area contributed by atoms with E-state index < -0.39 is 5.41 Å². The van der Waals surface area contributed by atoms with Crippen LogP contribution in [0.1, 0.15) is 36.0 Å². The van der Waals surface area contributed by atoms with Gasteiger partial charge in [0, 0.05) is 64.4 Å². The van der Waals surface area contributed by atoms with E-state index in [1.165, 1.54) is 4.90 Å². The van der Waals surface area contributed by atoms with Gasteiger partial charge in [-0.3, -0.25) is 34.0 Å². The number of hydrogen-bond acceptors (Lipinski definition) is 6. The Labute approximate surface area is 204 Å². The minimum atomic E-state index is -1.23. The summed E-state index contributed by atoms with van der Waals surface area (Å²) in [6.45, 7) is 4.88. The number of piperazine rings is 1. The first kappa shape index (κ1) is 24.5. The molecule has 184 valence electrons. The van der Waals surface area contributed by atoms with Crippen LogP contribution in [-0.2, 0) is 31.1 Å². The normalized spacial score (nSPS) is 20.9. The Morgan fingerprint density at radius 2 is 1.80 bits per heavy atom. The molecule has 0 radical (unpaired) electrons. The molecule has 2 aliphatic rings. The van der Waals surface area contributed by atoms with Crippen LogP contribution < -0.4 is 5.73 Å². The van der Waals surface area contributed by atoms with E-state index in [1.54, 1.807) is 23.4 Å². The zero-order valence-electron chi connectivity index (χ0n) is 20.0. The molecule has 0 bridgehead atoms. The number of rotatable bonds is 8. The fourth-order valence-electron chi connectivity index (χ4n) is 5.05. The molecule has 2 aromatic rings. The number of likely N-dealkylation sites (tertiary alicyclic amines) is 1. The van der Waals surface area contributed by atoms with Crippen molar-refractivity contribution in [2.45, 2.75) is 38.1 Å². The summed E-state index contributed by atoms with van der Waals surface area (Å²) in [6, 6.07) is 11.1. The topological polar surface area (TPSA) is 117 Å². The highest BCUT2D eigenvalue weighted by Crippen LogP contribution is 2.42. The van der Waals surface area contributed by atoms with E-state index in [0.29, 0.717) is 32.7 Å². The number of primary amides is 1. The standard InChI is InChI=1S/C26H31N5O4/c1-19-5-2-3-7-21(19)26(15-23(33)30-13-11-29(12-14-30)10-8-22(27)32)16-24(34)31(25(26)35)18-20-6-4-9-28-17-20/h2-7,9,17H,8,10-16,18H2,1H3,(H2,27,32). The fraction of sp³-hybridized carbons (Fsp3) is 0.423. The van der Waals surface area contributed by atoms with Gasteiger partial charge in [-0.05, 0) is 29.7 Å². The van der Waals surface area contributed by atoms with Crippen LogP contribution in [0.15, 0.2) is 48.8 Å². The molecule has 0 spiro atoms. The van der Waals surface area contributed by atoms with E-state index in [2.05, 4.69) is 9.88 Å². The summed E-state index contributed by atoms with van der Waals surface area (Å²) < 4.78 is 0. The van der Waals surface area contributed by atoms with E-state index in [4.69, 9.17) is 5.73 Å². The average Bonchev–Trinajstić information content (AvgIpc) is 3.08. The maximum Gasteiger partial charge on any atom is 0.241 e. The second-order valence-electron chi connectivity index (χ2n) is 9.34. The SMILES string of the molecule is Cc1ccccc1C1(CC(=O)N2CCN(CCC(N)=O)CC2)CC(=O)N(Cc2cccnc2)C1=O. The lowest BCUT2D eigenvalue weighted by atomic mass is 9.74. The highest BCUT2D eigenvalue weighted by molar-refractivity contribution is 6.10. The Bertz CT molecular complexity index is 1110. The lowest BCUT2D eigenvalue weighted by molar-refractivity contribution is -0.143. The summed E-state index contributed by atoms with van der Waals surface area (Å²) >= 11 is 0. The maximum atomic E-state index is 13.9. The Morgan fingerprint density at radius 1 is 1.06 bits per heavy atom. The minimum Gasteiger partial charge on any atom is -0.370 e. The van der Waals surface area contributed by atoms with Gasteiger partial charge in [0.2, 0.25) is 23.6 Å². The average molecular weight is 478 g/mol. The van der Waals surface area contributed by atoms with Crippen molar-refractivity contribution in [2.75, 3.05) is 32.7 Å². The summed E-state index contributed by atoms with van der Waals surface area (Å²) in [5.41, 5.74) is 6.37. The van der Waals surface area contributed by atoms with Crippen LogP contribution in [0.5, 0.6) is 0 Å². The molecule has 2 fully saturated rings. The zero-order chi connectivity index (χ0) is 25.0. The third-order valence-corrected chi connectivity index (χ3v) is 6.99. The van der Waals surface area contributed by atoms with Gasteiger partial charge in [-0.15, -0.1) is 0 Å². The van der Waals surface area contributed by atoms with Gasteiger partial charge in [-0.1, -0.05) is 30.3 Å². The van der Waals surface area contributed by atoms with Crippen molar-refractivity contribution in [2.24, 2.45) is 5.73 Å². The predicted molar refractivity (Wildman–Crippen MR) is 129 cm³/mol. The molecule has 2 N–H and O–H groups in total. The molecule has 2 saturated heterocycles. The second-order valence-corrected chi connectivity index (χ2v) is 9.34. The zero-order valence-corrected chi connectivity index (χ0v) is 20.0. The number of imide groups is 1. The summed E-state index contributed by atoms with van der Waals surface area (Å²) in [7, 11) is 0. The van der Waals surface area contributed by atoms with Gasteiger partial charge in [-0.25, -0.2) is 0 Å². The van der Waals surface area contributed by atoms with Crippen LogP contribution >= 0.6 is 0 Å². The summed E-state index contributed by atoms with van der Waals surface area (Å²) in [4.78, 5) is 60.8. The van der Waals surface area contributed by atoms with Crippen molar-refractivity contribution in [3.8, 4) is 0 Å². The van der Waals surface area contributed by atoms with Crippen LogP contribution in [0.4, 0.5) is 0 Å². The molecule has 0 saturated carbocycles. The molecular weight excluding hydrogens is 446 g/mol. The molecule has 4 amide bonds. The van der Waals surface area contributed by atoms with Crippen molar-refractivity contribution in [3.05, 3.63) is 65.5 Å². The molecule has 1 aromatic carbocycles. The number of nitrogens with two attached hydrogens (primary N) is 1. The van der Waals surface area contributed by atoms with Crippen LogP contribution in [0.2, 0.25) is 0 Å². The first-order chi connectivity index (χ1) is 16.8. The summed E-state index contributed by atoms with van der Waals surface area (Å²) in [5, 5.41) is 0. The molecule has 9 heteroatoms. The van der Waals surface area contributed by atoms with E-state index >= 15 is 0 Å². The monoisotopic (exact) mass is 477 g/mol. The second kappa shape index (κ2) is 10.4. The number of aryl methyl sites for hydroxylation is 1. The summed E-state index contributed by atoms with van der Waals surface area (Å²) in [5.74, 6) is -1.11. The van der Waals surface area contributed by atoms with Gasteiger partial charge in [-0.2, -0.15) is 0 Å². The van der Waals surface area contributed by atoms with Crippen LogP contribution in [0.3, 0.4) is 0 Å². The van der Waals surface area contributed by atoms with Crippen LogP contribution in [0, 0.1) is 6.92 Å². The van der Waals surface area contributed by atoms with Crippen molar-refractivity contribution in [1.29, 1.82) is 0 Å². The number of nitrogens with zero attached hydrogens (tertiary/aromatic N) is 4. The smallest absolute Gasteiger partial charge is 0.241 e. The Balaban J connectivity index is 1.55. The van der Waals surface area contributed by atoms with Crippen molar-refractivity contribution in [3.63, 3.8) is 0 Å². The molecule has 9 nitrogen and oxygen atoms in total. The predicted octanol–water partition coefficient (Wildman–Crippen LogP) is 0.997. The number of carbonyl (C=O) groups is 4. The number of pyridine rings is 1. The third kappa shape index (κ3) is 5.24. The molecule has 0 aliphatic carbocycles. The number of benzene rings is 1. The van der Waals surface area contributed by atoms with E-state index in [0.717, 1.165) is 16.7 Å². The molecule has 3 heterocycles. The molecule has 1 unspecified atom stereocenters. The highest BCUT2D eigenvalue weighted by atomic mass is 16.2. The molecule has 2 aliphatic heterocycles. The minimum absolute atomic E-state index is 0.0404. The third-order valence-electron chi connectivity index (χ3n) is 6.99. The van der Waals surface area contributed by atoms with Gasteiger partial charge in [0.15, 0.2) is 0 Å². The highest BCUT2D eigenvalue weighted by Gasteiger charge is 2.54.